The molecule has 1 saturated carbocycles. The van der Waals surface area contributed by atoms with Crippen LogP contribution in [0, 0.1) is 6.92 Å². The average molecular weight is 334 g/mol. The molecule has 1 amide bonds. The van der Waals surface area contributed by atoms with E-state index in [-0.39, 0.29) is 17.6 Å². The van der Waals surface area contributed by atoms with Gasteiger partial charge in [-0.2, -0.15) is 0 Å². The number of morpholine rings is 1. The molecular formula is C17H26N4O3. The van der Waals surface area contributed by atoms with Crippen molar-refractivity contribution in [3.8, 4) is 0 Å². The van der Waals surface area contributed by atoms with Crippen LogP contribution < -0.4 is 5.56 Å². The zero-order valence-electron chi connectivity index (χ0n) is 14.5. The molecule has 1 atom stereocenters. The molecular weight excluding hydrogens is 308 g/mol. The first-order valence-corrected chi connectivity index (χ1v) is 8.70. The minimum absolute atomic E-state index is 0.124. The highest BCUT2D eigenvalue weighted by Crippen LogP contribution is 2.23. The maximum Gasteiger partial charge on any atom is 0.251 e. The van der Waals surface area contributed by atoms with Gasteiger partial charge in [0.2, 0.25) is 5.91 Å². The molecule has 2 heterocycles. The summed E-state index contributed by atoms with van der Waals surface area (Å²) in [5, 5.41) is 0. The van der Waals surface area contributed by atoms with Gasteiger partial charge in [0.25, 0.3) is 5.56 Å². The highest BCUT2D eigenvalue weighted by Gasteiger charge is 2.29. The van der Waals surface area contributed by atoms with Crippen molar-refractivity contribution >= 4 is 5.91 Å². The summed E-state index contributed by atoms with van der Waals surface area (Å²) in [7, 11) is 2.04. The van der Waals surface area contributed by atoms with Gasteiger partial charge < -0.3 is 14.6 Å². The number of aromatic nitrogens is 2. The van der Waals surface area contributed by atoms with E-state index in [0.29, 0.717) is 43.8 Å². The molecule has 0 radical (unpaired) electrons. The number of hydrogen-bond donors (Lipinski definition) is 1. The molecule has 0 spiro atoms. The Kier molecular flexibility index (Phi) is 5.30. The molecule has 1 saturated heterocycles. The summed E-state index contributed by atoms with van der Waals surface area (Å²) < 4.78 is 5.74. The lowest BCUT2D eigenvalue weighted by molar-refractivity contribution is -0.140. The van der Waals surface area contributed by atoms with Crippen molar-refractivity contribution in [2.24, 2.45) is 0 Å². The van der Waals surface area contributed by atoms with Gasteiger partial charge in [0.05, 0.1) is 25.4 Å². The summed E-state index contributed by atoms with van der Waals surface area (Å²) in [5.41, 5.74) is 0.406. The molecule has 1 aliphatic carbocycles. The molecule has 7 nitrogen and oxygen atoms in total. The second kappa shape index (κ2) is 7.44. The van der Waals surface area contributed by atoms with Crippen molar-refractivity contribution < 1.29 is 9.53 Å². The van der Waals surface area contributed by atoms with Crippen LogP contribution in [-0.2, 0) is 9.53 Å². The number of ether oxygens (including phenoxy) is 1. The molecule has 1 N–H and O–H groups in total. The van der Waals surface area contributed by atoms with Gasteiger partial charge in [-0.15, -0.1) is 0 Å². The molecule has 3 rings (SSSR count). The van der Waals surface area contributed by atoms with Gasteiger partial charge in [0.1, 0.15) is 11.9 Å². The molecule has 132 valence electrons. The van der Waals surface area contributed by atoms with Crippen LogP contribution in [0.25, 0.3) is 0 Å². The van der Waals surface area contributed by atoms with Crippen LogP contribution >= 0.6 is 0 Å². The predicted octanol–water partition coefficient (Wildman–Crippen LogP) is 0.853. The standard InChI is InChI=1S/C17H26N4O3/c1-12-18-14(9-16(22)19-12)15-10-21(7-8-24-15)17(23)11-20(2)13-5-3-4-6-13/h9,13,15H,3-8,10-11H2,1-2H3,(H,18,19,22). The van der Waals surface area contributed by atoms with Crippen LogP contribution in [0.5, 0.6) is 0 Å². The van der Waals surface area contributed by atoms with Crippen molar-refractivity contribution in [3.63, 3.8) is 0 Å². The Hall–Kier alpha value is -1.73. The van der Waals surface area contributed by atoms with E-state index in [4.69, 9.17) is 4.74 Å². The Morgan fingerprint density at radius 2 is 2.21 bits per heavy atom. The van der Waals surface area contributed by atoms with Gasteiger partial charge in [0.15, 0.2) is 0 Å². The molecule has 2 fully saturated rings. The van der Waals surface area contributed by atoms with Crippen LogP contribution in [-0.4, -0.2) is 65.0 Å². The number of rotatable bonds is 4. The molecule has 1 unspecified atom stereocenters. The quantitative estimate of drug-likeness (QED) is 0.883. The molecule has 0 aromatic carbocycles. The maximum atomic E-state index is 12.6. The molecule has 1 aromatic heterocycles. The summed E-state index contributed by atoms with van der Waals surface area (Å²) in [6, 6.07) is 1.99. The molecule has 24 heavy (non-hydrogen) atoms. The van der Waals surface area contributed by atoms with Crippen LogP contribution in [0.4, 0.5) is 0 Å². The normalized spacial score (nSPS) is 22.3. The van der Waals surface area contributed by atoms with Crippen molar-refractivity contribution in [1.29, 1.82) is 0 Å². The fraction of sp³-hybridized carbons (Fsp3) is 0.706. The molecule has 1 aliphatic heterocycles. The van der Waals surface area contributed by atoms with Crippen LogP contribution in [0.2, 0.25) is 0 Å². The Morgan fingerprint density at radius 1 is 1.46 bits per heavy atom. The first kappa shape index (κ1) is 17.1. The molecule has 2 aliphatic rings. The minimum atomic E-state index is -0.333. The van der Waals surface area contributed by atoms with E-state index in [9.17, 15) is 9.59 Å². The zero-order chi connectivity index (χ0) is 17.1. The molecule has 0 bridgehead atoms. The second-order valence-electron chi connectivity index (χ2n) is 6.81. The smallest absolute Gasteiger partial charge is 0.251 e. The van der Waals surface area contributed by atoms with Gasteiger partial charge >= 0.3 is 0 Å². The number of hydrogen-bond acceptors (Lipinski definition) is 5. The Morgan fingerprint density at radius 3 is 2.92 bits per heavy atom. The van der Waals surface area contributed by atoms with E-state index >= 15 is 0 Å². The van der Waals surface area contributed by atoms with E-state index in [1.807, 2.05) is 11.9 Å². The van der Waals surface area contributed by atoms with Gasteiger partial charge in [0, 0.05) is 18.7 Å². The maximum absolute atomic E-state index is 12.6. The van der Waals surface area contributed by atoms with E-state index in [2.05, 4.69) is 14.9 Å². The average Bonchev–Trinajstić information content (AvgIpc) is 3.08. The lowest BCUT2D eigenvalue weighted by atomic mass is 10.2. The molecule has 7 heteroatoms. The van der Waals surface area contributed by atoms with Crippen molar-refractivity contribution in [1.82, 2.24) is 19.8 Å². The lowest BCUT2D eigenvalue weighted by Gasteiger charge is -2.34. The van der Waals surface area contributed by atoms with Crippen LogP contribution in [0.3, 0.4) is 0 Å². The summed E-state index contributed by atoms with van der Waals surface area (Å²) in [5.74, 6) is 0.685. The number of H-pyrrole nitrogens is 1. The second-order valence-corrected chi connectivity index (χ2v) is 6.81. The molecule has 1 aromatic rings. The third-order valence-electron chi connectivity index (χ3n) is 4.96. The topological polar surface area (TPSA) is 78.5 Å². The number of nitrogens with one attached hydrogen (secondary N) is 1. The highest BCUT2D eigenvalue weighted by atomic mass is 16.5. The first-order chi connectivity index (χ1) is 11.5. The Balaban J connectivity index is 1.62. The lowest BCUT2D eigenvalue weighted by Crippen LogP contribution is -2.47. The number of amides is 1. The number of nitrogens with zero attached hydrogens (tertiary/aromatic N) is 3. The minimum Gasteiger partial charge on any atom is -0.368 e. The van der Waals surface area contributed by atoms with E-state index in [1.54, 1.807) is 6.92 Å². The number of likely N-dealkylation sites (N-methyl/N-ethyl adjacent to an activating group) is 1. The third-order valence-corrected chi connectivity index (χ3v) is 4.96. The fourth-order valence-electron chi connectivity index (χ4n) is 3.61. The van der Waals surface area contributed by atoms with Crippen molar-refractivity contribution in [3.05, 3.63) is 27.9 Å². The summed E-state index contributed by atoms with van der Waals surface area (Å²) in [6.45, 7) is 3.70. The number of carbonyl (C=O) groups is 1. The largest absolute Gasteiger partial charge is 0.368 e. The van der Waals surface area contributed by atoms with Crippen molar-refractivity contribution in [2.75, 3.05) is 33.3 Å². The van der Waals surface area contributed by atoms with E-state index in [0.717, 1.165) is 0 Å². The van der Waals surface area contributed by atoms with Crippen LogP contribution in [0.15, 0.2) is 10.9 Å². The fourth-order valence-corrected chi connectivity index (χ4v) is 3.61. The number of aromatic amines is 1. The predicted molar refractivity (Wildman–Crippen MR) is 89.8 cm³/mol. The Labute approximate surface area is 142 Å². The third kappa shape index (κ3) is 4.02. The first-order valence-electron chi connectivity index (χ1n) is 8.70. The SMILES string of the molecule is Cc1nc(C2CN(C(=O)CN(C)C3CCCC3)CCO2)cc(=O)[nH]1. The van der Waals surface area contributed by atoms with Gasteiger partial charge in [-0.1, -0.05) is 12.8 Å². The van der Waals surface area contributed by atoms with Crippen LogP contribution in [0.1, 0.15) is 43.3 Å². The summed E-state index contributed by atoms with van der Waals surface area (Å²) >= 11 is 0. The van der Waals surface area contributed by atoms with E-state index in [1.165, 1.54) is 31.7 Å². The number of carbonyl (C=O) groups excluding carboxylic acids is 1. The number of aryl methyl sites for hydroxylation is 1. The monoisotopic (exact) mass is 334 g/mol. The Bertz CT molecular complexity index is 639. The highest BCUT2D eigenvalue weighted by molar-refractivity contribution is 5.78. The summed E-state index contributed by atoms with van der Waals surface area (Å²) in [6.07, 6.45) is 4.56. The van der Waals surface area contributed by atoms with Crippen molar-refractivity contribution in [2.45, 2.75) is 44.8 Å². The van der Waals surface area contributed by atoms with E-state index < -0.39 is 0 Å². The van der Waals surface area contributed by atoms with Gasteiger partial charge in [-0.05, 0) is 26.8 Å². The van der Waals surface area contributed by atoms with Gasteiger partial charge in [-0.3, -0.25) is 14.5 Å². The van der Waals surface area contributed by atoms with Gasteiger partial charge in [-0.25, -0.2) is 4.98 Å². The zero-order valence-corrected chi connectivity index (χ0v) is 14.5. The summed E-state index contributed by atoms with van der Waals surface area (Å²) in [4.78, 5) is 35.2.